The number of carboxylic acids is 1. The van der Waals surface area contributed by atoms with Crippen LogP contribution in [0, 0.1) is 5.41 Å². The van der Waals surface area contributed by atoms with Crippen LogP contribution in [0.15, 0.2) is 0 Å². The molecular weight excluding hydrogens is 140 g/mol. The molecule has 0 aliphatic heterocycles. The number of unbranched alkanes of at least 4 members (excludes halogenated alkanes) is 2. The van der Waals surface area contributed by atoms with Crippen molar-refractivity contribution in [3.05, 3.63) is 0 Å². The first-order chi connectivity index (χ1) is 5.00. The van der Waals surface area contributed by atoms with Gasteiger partial charge in [0.05, 0.1) is 0 Å². The highest BCUT2D eigenvalue weighted by Crippen LogP contribution is 2.22. The molecule has 0 bridgehead atoms. The minimum absolute atomic E-state index is 0.644. The number of carboxylic acid groups (broad SMARTS) is 1. The summed E-state index contributed by atoms with van der Waals surface area (Å²) in [6.45, 7) is 5.54. The third-order valence-corrected chi connectivity index (χ3v) is 1.96. The van der Waals surface area contributed by atoms with Crippen molar-refractivity contribution in [3.8, 4) is 0 Å². The third kappa shape index (κ3) is 4.02. The predicted molar refractivity (Wildman–Crippen MR) is 42.9 cm³/mol. The zero-order valence-electron chi connectivity index (χ0n) is 7.64. The summed E-state index contributed by atoms with van der Waals surface area (Å²) >= 11 is 0. The summed E-state index contributed by atoms with van der Waals surface area (Å²) in [7, 11) is 0. The predicted octanol–water partition coefficient (Wildman–Crippen LogP) is 1.34. The van der Waals surface area contributed by atoms with E-state index in [0.29, 0.717) is 0 Å². The molecule has 0 aromatic heterocycles. The van der Waals surface area contributed by atoms with Crippen molar-refractivity contribution in [2.24, 2.45) is 5.41 Å². The molecule has 0 radical (unpaired) electrons. The Morgan fingerprint density at radius 2 is 1.91 bits per heavy atom. The van der Waals surface area contributed by atoms with Crippen molar-refractivity contribution in [1.82, 2.24) is 0 Å². The zero-order valence-corrected chi connectivity index (χ0v) is 7.64. The van der Waals surface area contributed by atoms with Gasteiger partial charge in [0.1, 0.15) is 0 Å². The highest BCUT2D eigenvalue weighted by molar-refractivity contribution is 5.71. The Labute approximate surface area is 68.6 Å². The van der Waals surface area contributed by atoms with Crippen LogP contribution >= 0.6 is 0 Å². The zero-order chi connectivity index (χ0) is 8.91. The standard InChI is InChI=1S/C9H18O2/c1-4-5-6-7-9(2,3)8(10)11/h4-7H2,1-3H3,(H,10,11)/p-1. The molecule has 0 saturated heterocycles. The lowest BCUT2D eigenvalue weighted by molar-refractivity contribution is -0.317. The van der Waals surface area contributed by atoms with Crippen molar-refractivity contribution in [2.45, 2.75) is 46.5 Å². The molecule has 2 nitrogen and oxygen atoms in total. The van der Waals surface area contributed by atoms with Gasteiger partial charge in [-0.3, -0.25) is 0 Å². The first kappa shape index (κ1) is 10.5. The number of hydrogen-bond acceptors (Lipinski definition) is 2. The lowest BCUT2D eigenvalue weighted by Gasteiger charge is -2.25. The van der Waals surface area contributed by atoms with Crippen LogP contribution in [0.5, 0.6) is 0 Å². The van der Waals surface area contributed by atoms with E-state index in [4.69, 9.17) is 0 Å². The summed E-state index contributed by atoms with van der Waals surface area (Å²) < 4.78 is 0. The van der Waals surface area contributed by atoms with Crippen LogP contribution < -0.4 is 5.11 Å². The minimum atomic E-state index is -0.936. The maximum atomic E-state index is 10.5. The average molecular weight is 157 g/mol. The van der Waals surface area contributed by atoms with E-state index >= 15 is 0 Å². The van der Waals surface area contributed by atoms with Crippen molar-refractivity contribution < 1.29 is 9.90 Å². The van der Waals surface area contributed by atoms with Gasteiger partial charge >= 0.3 is 0 Å². The second kappa shape index (κ2) is 4.37. The minimum Gasteiger partial charge on any atom is -0.550 e. The monoisotopic (exact) mass is 157 g/mol. The second-order valence-electron chi connectivity index (χ2n) is 3.63. The van der Waals surface area contributed by atoms with E-state index in [1.807, 2.05) is 0 Å². The first-order valence-electron chi connectivity index (χ1n) is 4.22. The van der Waals surface area contributed by atoms with E-state index in [0.717, 1.165) is 25.7 Å². The molecule has 0 N–H and O–H groups in total. The smallest absolute Gasteiger partial charge is 0.0470 e. The van der Waals surface area contributed by atoms with Gasteiger partial charge in [0.15, 0.2) is 0 Å². The summed E-state index contributed by atoms with van der Waals surface area (Å²) in [5.41, 5.74) is -0.644. The molecule has 0 aromatic rings. The van der Waals surface area contributed by atoms with Crippen LogP contribution in [-0.4, -0.2) is 5.97 Å². The quantitative estimate of drug-likeness (QED) is 0.565. The van der Waals surface area contributed by atoms with E-state index in [1.54, 1.807) is 13.8 Å². The van der Waals surface area contributed by atoms with E-state index in [9.17, 15) is 9.90 Å². The Morgan fingerprint density at radius 1 is 1.36 bits per heavy atom. The van der Waals surface area contributed by atoms with E-state index in [1.165, 1.54) is 0 Å². The van der Waals surface area contributed by atoms with Crippen LogP contribution in [0.25, 0.3) is 0 Å². The Morgan fingerprint density at radius 3 is 2.27 bits per heavy atom. The molecule has 0 heterocycles. The van der Waals surface area contributed by atoms with Crippen LogP contribution in [0.4, 0.5) is 0 Å². The fourth-order valence-corrected chi connectivity index (χ4v) is 0.919. The average Bonchev–Trinajstić information content (AvgIpc) is 1.88. The number of hydrogen-bond donors (Lipinski definition) is 0. The first-order valence-corrected chi connectivity index (χ1v) is 4.22. The van der Waals surface area contributed by atoms with Gasteiger partial charge in [0.25, 0.3) is 0 Å². The number of rotatable bonds is 5. The topological polar surface area (TPSA) is 40.1 Å². The fourth-order valence-electron chi connectivity index (χ4n) is 0.919. The number of aliphatic carboxylic acids is 1. The molecule has 0 amide bonds. The van der Waals surface area contributed by atoms with E-state index in [2.05, 4.69) is 6.92 Å². The maximum Gasteiger partial charge on any atom is 0.0470 e. The van der Waals surface area contributed by atoms with Crippen molar-refractivity contribution >= 4 is 5.97 Å². The molecule has 0 spiro atoms. The largest absolute Gasteiger partial charge is 0.550 e. The molecule has 0 fully saturated rings. The van der Waals surface area contributed by atoms with Gasteiger partial charge in [-0.2, -0.15) is 0 Å². The number of carbonyl (C=O) groups excluding carboxylic acids is 1. The number of carbonyl (C=O) groups is 1. The van der Waals surface area contributed by atoms with Crippen molar-refractivity contribution in [3.63, 3.8) is 0 Å². The summed E-state index contributed by atoms with van der Waals surface area (Å²) in [4.78, 5) is 10.5. The highest BCUT2D eigenvalue weighted by atomic mass is 16.4. The molecule has 11 heavy (non-hydrogen) atoms. The molecule has 2 heteroatoms. The molecule has 0 aromatic carbocycles. The normalized spacial score (nSPS) is 11.5. The van der Waals surface area contributed by atoms with Gasteiger partial charge < -0.3 is 9.90 Å². The molecule has 66 valence electrons. The molecule has 0 aliphatic carbocycles. The summed E-state index contributed by atoms with van der Waals surface area (Å²) in [6.07, 6.45) is 3.94. The Kier molecular flexibility index (Phi) is 4.16. The molecule has 0 aliphatic rings. The Hall–Kier alpha value is -0.530. The van der Waals surface area contributed by atoms with E-state index in [-0.39, 0.29) is 0 Å². The summed E-state index contributed by atoms with van der Waals surface area (Å²) in [5.74, 6) is -0.936. The van der Waals surface area contributed by atoms with Gasteiger partial charge in [-0.25, -0.2) is 0 Å². The molecule has 0 atom stereocenters. The second-order valence-corrected chi connectivity index (χ2v) is 3.63. The van der Waals surface area contributed by atoms with Gasteiger partial charge in [-0.05, 0) is 6.42 Å². The Balaban J connectivity index is 3.64. The maximum absolute atomic E-state index is 10.5. The molecular formula is C9H17O2-. The molecule has 0 saturated carbocycles. The lowest BCUT2D eigenvalue weighted by atomic mass is 9.87. The van der Waals surface area contributed by atoms with Crippen LogP contribution in [0.2, 0.25) is 0 Å². The van der Waals surface area contributed by atoms with Crippen molar-refractivity contribution in [2.75, 3.05) is 0 Å². The van der Waals surface area contributed by atoms with E-state index < -0.39 is 11.4 Å². The lowest BCUT2D eigenvalue weighted by Crippen LogP contribution is -2.37. The third-order valence-electron chi connectivity index (χ3n) is 1.96. The summed E-state index contributed by atoms with van der Waals surface area (Å²) in [5, 5.41) is 10.5. The van der Waals surface area contributed by atoms with Crippen LogP contribution in [-0.2, 0) is 4.79 Å². The molecule has 0 unspecified atom stereocenters. The fraction of sp³-hybridized carbons (Fsp3) is 0.889. The van der Waals surface area contributed by atoms with Crippen LogP contribution in [0.1, 0.15) is 46.5 Å². The van der Waals surface area contributed by atoms with Crippen LogP contribution in [0.3, 0.4) is 0 Å². The molecule has 0 rings (SSSR count). The highest BCUT2D eigenvalue weighted by Gasteiger charge is 2.17. The van der Waals surface area contributed by atoms with Gasteiger partial charge in [-0.1, -0.05) is 40.0 Å². The Bertz CT molecular complexity index is 128. The summed E-state index contributed by atoms with van der Waals surface area (Å²) in [6, 6.07) is 0. The van der Waals surface area contributed by atoms with Gasteiger partial charge in [-0.15, -0.1) is 0 Å². The van der Waals surface area contributed by atoms with Crippen molar-refractivity contribution in [1.29, 1.82) is 0 Å². The SMILES string of the molecule is CCCCCC(C)(C)C(=O)[O-]. The van der Waals surface area contributed by atoms with Gasteiger partial charge in [0.2, 0.25) is 0 Å². The van der Waals surface area contributed by atoms with Gasteiger partial charge in [0, 0.05) is 11.4 Å².